The molecule has 0 saturated heterocycles. The Balaban J connectivity index is 1.84. The highest BCUT2D eigenvalue weighted by Crippen LogP contribution is 2.19. The molecule has 1 heterocycles. The molecule has 0 aliphatic heterocycles. The molecule has 3 N–H and O–H groups in total. The first kappa shape index (κ1) is 15.8. The topological polar surface area (TPSA) is 100 Å². The summed E-state index contributed by atoms with van der Waals surface area (Å²) in [4.78, 5) is 11.9. The number of sulfonamides is 1. The molecule has 2 unspecified atom stereocenters. The van der Waals surface area contributed by atoms with Crippen LogP contribution in [-0.2, 0) is 16.6 Å². The second-order valence-corrected chi connectivity index (χ2v) is 7.07. The molecule has 1 aromatic rings. The molecule has 2 rings (SSSR count). The van der Waals surface area contributed by atoms with Gasteiger partial charge in [-0.1, -0.05) is 12.8 Å². The second-order valence-electron chi connectivity index (χ2n) is 5.29. The molecule has 1 fully saturated rings. The minimum absolute atomic E-state index is 0.190. The Kier molecular flexibility index (Phi) is 5.24. The van der Waals surface area contributed by atoms with Crippen LogP contribution >= 0.6 is 0 Å². The van der Waals surface area contributed by atoms with E-state index in [1.54, 1.807) is 18.4 Å². The molecule has 0 aromatic carbocycles. The zero-order valence-electron chi connectivity index (χ0n) is 12.0. The fraction of sp³-hybridized carbons (Fsp3) is 0.615. The number of amides is 2. The lowest BCUT2D eigenvalue weighted by molar-refractivity contribution is 0.226. The number of urea groups is 1. The summed E-state index contributed by atoms with van der Waals surface area (Å²) in [5.41, 5.74) is 0. The van der Waals surface area contributed by atoms with E-state index >= 15 is 0 Å². The predicted octanol–water partition coefficient (Wildman–Crippen LogP) is 0.939. The molecule has 1 aromatic heterocycles. The van der Waals surface area contributed by atoms with Crippen LogP contribution in [0.4, 0.5) is 4.79 Å². The number of hydrogen-bond donors (Lipinski definition) is 3. The lowest BCUT2D eigenvalue weighted by Crippen LogP contribution is -2.54. The molecular formula is C13H21N3O4S. The third-order valence-corrected chi connectivity index (χ3v) is 4.18. The van der Waals surface area contributed by atoms with Crippen LogP contribution in [0, 0.1) is 0 Å². The van der Waals surface area contributed by atoms with E-state index in [-0.39, 0.29) is 18.1 Å². The molecular weight excluding hydrogens is 294 g/mol. The highest BCUT2D eigenvalue weighted by atomic mass is 32.2. The molecule has 0 spiro atoms. The molecule has 2 amide bonds. The van der Waals surface area contributed by atoms with E-state index in [0.29, 0.717) is 12.3 Å². The first-order valence-corrected chi connectivity index (χ1v) is 8.87. The first-order chi connectivity index (χ1) is 9.94. The minimum atomic E-state index is -3.28. The van der Waals surface area contributed by atoms with E-state index in [1.807, 2.05) is 0 Å². The molecule has 7 nitrogen and oxygen atoms in total. The lowest BCUT2D eigenvalue weighted by Gasteiger charge is -2.32. The maximum atomic E-state index is 11.9. The van der Waals surface area contributed by atoms with Gasteiger partial charge in [-0.05, 0) is 25.0 Å². The number of rotatable bonds is 5. The summed E-state index contributed by atoms with van der Waals surface area (Å²) in [5.74, 6) is 0.666. The van der Waals surface area contributed by atoms with Gasteiger partial charge in [0, 0.05) is 12.1 Å². The highest BCUT2D eigenvalue weighted by Gasteiger charge is 2.28. The summed E-state index contributed by atoms with van der Waals surface area (Å²) < 4.78 is 30.4. The Morgan fingerprint density at radius 1 is 1.33 bits per heavy atom. The van der Waals surface area contributed by atoms with Crippen molar-refractivity contribution in [2.45, 2.75) is 44.3 Å². The Labute approximate surface area is 124 Å². The quantitative estimate of drug-likeness (QED) is 0.752. The van der Waals surface area contributed by atoms with Gasteiger partial charge < -0.3 is 15.1 Å². The average molecular weight is 315 g/mol. The SMILES string of the molecule is CS(=O)(=O)NC1CCCCC1NC(=O)NCc1ccco1. The minimum Gasteiger partial charge on any atom is -0.467 e. The van der Waals surface area contributed by atoms with Gasteiger partial charge in [-0.2, -0.15) is 0 Å². The standard InChI is InChI=1S/C13H21N3O4S/c1-21(18,19)16-12-7-3-2-6-11(12)15-13(17)14-9-10-5-4-8-20-10/h4-5,8,11-12,16H,2-3,6-7,9H2,1H3,(H2,14,15,17). The number of furan rings is 1. The summed E-state index contributed by atoms with van der Waals surface area (Å²) in [6.45, 7) is 0.301. The van der Waals surface area contributed by atoms with Crippen molar-refractivity contribution < 1.29 is 17.6 Å². The van der Waals surface area contributed by atoms with Crippen LogP contribution in [0.3, 0.4) is 0 Å². The maximum absolute atomic E-state index is 11.9. The third-order valence-electron chi connectivity index (χ3n) is 3.45. The molecule has 2 atom stereocenters. The van der Waals surface area contributed by atoms with Crippen molar-refractivity contribution in [3.63, 3.8) is 0 Å². The van der Waals surface area contributed by atoms with Crippen molar-refractivity contribution in [2.24, 2.45) is 0 Å². The van der Waals surface area contributed by atoms with Gasteiger partial charge in [0.05, 0.1) is 19.1 Å². The van der Waals surface area contributed by atoms with Gasteiger partial charge in [0.2, 0.25) is 10.0 Å². The number of carbonyl (C=O) groups excluding carboxylic acids is 1. The maximum Gasteiger partial charge on any atom is 0.315 e. The Bertz CT molecular complexity index is 556. The van der Waals surface area contributed by atoms with E-state index in [9.17, 15) is 13.2 Å². The summed E-state index contributed by atoms with van der Waals surface area (Å²) in [6.07, 6.45) is 6.11. The van der Waals surface area contributed by atoms with Crippen LogP contribution < -0.4 is 15.4 Å². The zero-order chi connectivity index (χ0) is 15.3. The van der Waals surface area contributed by atoms with Crippen molar-refractivity contribution in [1.82, 2.24) is 15.4 Å². The average Bonchev–Trinajstić information content (AvgIpc) is 2.90. The predicted molar refractivity (Wildman–Crippen MR) is 78.1 cm³/mol. The Morgan fingerprint density at radius 3 is 2.67 bits per heavy atom. The van der Waals surface area contributed by atoms with Crippen LogP contribution in [-0.4, -0.2) is 32.8 Å². The fourth-order valence-electron chi connectivity index (χ4n) is 2.52. The van der Waals surface area contributed by atoms with Crippen molar-refractivity contribution in [3.05, 3.63) is 24.2 Å². The van der Waals surface area contributed by atoms with Gasteiger partial charge in [-0.15, -0.1) is 0 Å². The number of carbonyl (C=O) groups is 1. The van der Waals surface area contributed by atoms with Gasteiger partial charge in [-0.3, -0.25) is 0 Å². The van der Waals surface area contributed by atoms with Crippen molar-refractivity contribution in [3.8, 4) is 0 Å². The van der Waals surface area contributed by atoms with Crippen LogP contribution in [0.1, 0.15) is 31.4 Å². The van der Waals surface area contributed by atoms with Gasteiger partial charge in [0.1, 0.15) is 5.76 Å². The molecule has 118 valence electrons. The summed E-state index contributed by atoms with van der Waals surface area (Å²) >= 11 is 0. The van der Waals surface area contributed by atoms with Gasteiger partial charge >= 0.3 is 6.03 Å². The molecule has 1 aliphatic rings. The van der Waals surface area contributed by atoms with Gasteiger partial charge in [0.25, 0.3) is 0 Å². The van der Waals surface area contributed by atoms with Crippen LogP contribution in [0.5, 0.6) is 0 Å². The number of nitrogens with one attached hydrogen (secondary N) is 3. The fourth-order valence-corrected chi connectivity index (χ4v) is 3.35. The van der Waals surface area contributed by atoms with Crippen molar-refractivity contribution in [1.29, 1.82) is 0 Å². The Hall–Kier alpha value is -1.54. The van der Waals surface area contributed by atoms with Crippen molar-refractivity contribution >= 4 is 16.1 Å². The molecule has 8 heteroatoms. The second kappa shape index (κ2) is 6.95. The number of hydrogen-bond acceptors (Lipinski definition) is 4. The van der Waals surface area contributed by atoms with E-state index in [2.05, 4.69) is 15.4 Å². The molecule has 21 heavy (non-hydrogen) atoms. The van der Waals surface area contributed by atoms with Crippen LogP contribution in [0.2, 0.25) is 0 Å². The summed E-state index contributed by atoms with van der Waals surface area (Å²) in [6, 6.07) is 2.77. The third kappa shape index (κ3) is 5.39. The van der Waals surface area contributed by atoms with E-state index in [0.717, 1.165) is 31.9 Å². The van der Waals surface area contributed by atoms with Crippen molar-refractivity contribution in [2.75, 3.05) is 6.26 Å². The summed E-state index contributed by atoms with van der Waals surface area (Å²) in [7, 11) is -3.28. The molecule has 0 radical (unpaired) electrons. The molecule has 1 aliphatic carbocycles. The first-order valence-electron chi connectivity index (χ1n) is 6.98. The van der Waals surface area contributed by atoms with E-state index in [4.69, 9.17) is 4.42 Å². The largest absolute Gasteiger partial charge is 0.467 e. The Morgan fingerprint density at radius 2 is 2.05 bits per heavy atom. The zero-order valence-corrected chi connectivity index (χ0v) is 12.8. The van der Waals surface area contributed by atoms with Gasteiger partial charge in [-0.25, -0.2) is 17.9 Å². The normalized spacial score (nSPS) is 22.7. The summed E-state index contributed by atoms with van der Waals surface area (Å²) in [5, 5.41) is 5.53. The van der Waals surface area contributed by atoms with Gasteiger partial charge in [0.15, 0.2) is 0 Å². The monoisotopic (exact) mass is 315 g/mol. The van der Waals surface area contributed by atoms with E-state index in [1.165, 1.54) is 0 Å². The smallest absolute Gasteiger partial charge is 0.315 e. The van der Waals surface area contributed by atoms with Crippen LogP contribution in [0.25, 0.3) is 0 Å². The molecule has 0 bridgehead atoms. The van der Waals surface area contributed by atoms with Crippen LogP contribution in [0.15, 0.2) is 22.8 Å². The van der Waals surface area contributed by atoms with E-state index < -0.39 is 10.0 Å². The lowest BCUT2D eigenvalue weighted by atomic mass is 9.91. The highest BCUT2D eigenvalue weighted by molar-refractivity contribution is 7.88. The molecule has 1 saturated carbocycles.